The molecule has 5 atom stereocenters. The van der Waals surface area contributed by atoms with Crippen LogP contribution in [0.25, 0.3) is 0 Å². The van der Waals surface area contributed by atoms with E-state index in [4.69, 9.17) is 25.3 Å². The average Bonchev–Trinajstić information content (AvgIpc) is 2.70. The van der Waals surface area contributed by atoms with Crippen LogP contribution >= 0.6 is 19.8 Å². The number of hydrogen-bond acceptors (Lipinski definition) is 8. The van der Waals surface area contributed by atoms with Gasteiger partial charge in [0.05, 0.1) is 12.7 Å². The third-order valence-corrected chi connectivity index (χ3v) is 5.01. The van der Waals surface area contributed by atoms with E-state index in [1.807, 2.05) is 0 Å². The molecular formula is C19H27N2O7PS. The number of carbonyl (C=O) groups is 1. The molecule has 5 N–H and O–H groups in total. The van der Waals surface area contributed by atoms with Crippen LogP contribution in [0.15, 0.2) is 24.3 Å². The summed E-state index contributed by atoms with van der Waals surface area (Å²) in [5.74, 6) is 2.96. The first-order chi connectivity index (χ1) is 14.4. The highest BCUT2D eigenvalue weighted by atomic mass is 32.7. The van der Waals surface area contributed by atoms with Crippen molar-refractivity contribution >= 4 is 31.5 Å². The summed E-state index contributed by atoms with van der Waals surface area (Å²) in [5.41, 5.74) is 0.570. The highest BCUT2D eigenvalue weighted by Gasteiger charge is 2.38. The van der Waals surface area contributed by atoms with Crippen molar-refractivity contribution in [3.05, 3.63) is 24.3 Å². The number of urea groups is 1. The molecule has 1 aliphatic rings. The Balaban J connectivity index is 1.81. The minimum Gasteiger partial charge on any atom is -0.462 e. The largest absolute Gasteiger partial charge is 0.462 e. The number of anilines is 1. The van der Waals surface area contributed by atoms with Crippen molar-refractivity contribution in [2.45, 2.75) is 50.3 Å². The summed E-state index contributed by atoms with van der Waals surface area (Å²) in [7, 11) is -1.88. The first kappa shape index (κ1) is 24.7. The molecule has 1 aromatic rings. The SMILES string of the molecule is C#CCCCCNC(=O)Nc1ccc(O[C@H]2OC(COP(O)S)[C@@H](O)CC2O)cc1. The van der Waals surface area contributed by atoms with E-state index in [2.05, 4.69) is 28.8 Å². The highest BCUT2D eigenvalue weighted by Crippen LogP contribution is 2.37. The zero-order valence-corrected chi connectivity index (χ0v) is 18.1. The second-order valence-corrected chi connectivity index (χ2v) is 8.44. The van der Waals surface area contributed by atoms with E-state index < -0.39 is 32.2 Å². The summed E-state index contributed by atoms with van der Waals surface area (Å²) in [6, 6.07) is 6.22. The van der Waals surface area contributed by atoms with E-state index in [9.17, 15) is 15.0 Å². The molecule has 0 aliphatic carbocycles. The molecule has 1 heterocycles. The summed E-state index contributed by atoms with van der Waals surface area (Å²) in [4.78, 5) is 21.0. The molecule has 1 saturated heterocycles. The smallest absolute Gasteiger partial charge is 0.319 e. The molecule has 11 heteroatoms. The monoisotopic (exact) mass is 458 g/mol. The fourth-order valence-electron chi connectivity index (χ4n) is 2.74. The number of carbonyl (C=O) groups excluding carboxylic acids is 1. The molecule has 0 spiro atoms. The quantitative estimate of drug-likeness (QED) is 0.137. The molecule has 3 unspecified atom stereocenters. The number of aliphatic hydroxyl groups is 2. The van der Waals surface area contributed by atoms with Crippen molar-refractivity contribution in [2.24, 2.45) is 0 Å². The average molecular weight is 458 g/mol. The van der Waals surface area contributed by atoms with E-state index in [1.54, 1.807) is 24.3 Å². The number of unbranched alkanes of at least 4 members (excludes halogenated alkanes) is 2. The lowest BCUT2D eigenvalue weighted by Crippen LogP contribution is -2.51. The molecule has 1 fully saturated rings. The fourth-order valence-corrected chi connectivity index (χ4v) is 3.22. The van der Waals surface area contributed by atoms with E-state index in [0.717, 1.165) is 12.8 Å². The minimum atomic E-state index is -1.88. The molecule has 2 amide bonds. The lowest BCUT2D eigenvalue weighted by molar-refractivity contribution is -0.238. The van der Waals surface area contributed by atoms with E-state index in [1.165, 1.54) is 0 Å². The summed E-state index contributed by atoms with van der Waals surface area (Å²) >= 11 is 3.75. The Morgan fingerprint density at radius 3 is 2.70 bits per heavy atom. The maximum atomic E-state index is 11.9. The van der Waals surface area contributed by atoms with Gasteiger partial charge in [0.25, 0.3) is 0 Å². The Morgan fingerprint density at radius 1 is 1.30 bits per heavy atom. The Morgan fingerprint density at radius 2 is 2.03 bits per heavy atom. The number of ether oxygens (including phenoxy) is 2. The standard InChI is InChI=1S/C19H27N2O7PS/c1-2-3-4-5-10-20-19(24)21-13-6-8-14(9-7-13)27-18-16(23)11-15(22)17(28-18)12-26-29(25)30/h1,6-9,15-18,22-23,25,30H,3-5,10-12H2,(H2,20,21,24)/t15-,16?,17?,18-,29?/m0/s1. The van der Waals surface area contributed by atoms with Crippen molar-refractivity contribution < 1.29 is 33.9 Å². The molecule has 30 heavy (non-hydrogen) atoms. The molecule has 0 saturated carbocycles. The second-order valence-electron chi connectivity index (χ2n) is 6.65. The molecule has 1 aliphatic heterocycles. The normalized spacial score (nSPS) is 24.5. The van der Waals surface area contributed by atoms with Crippen LogP contribution in [0.3, 0.4) is 0 Å². The Bertz CT molecular complexity index is 701. The molecule has 9 nitrogen and oxygen atoms in total. The van der Waals surface area contributed by atoms with Gasteiger partial charge in [0, 0.05) is 25.1 Å². The van der Waals surface area contributed by atoms with Crippen molar-refractivity contribution in [1.82, 2.24) is 5.32 Å². The molecule has 0 aromatic heterocycles. The van der Waals surface area contributed by atoms with Crippen LogP contribution in [0, 0.1) is 12.3 Å². The second kappa shape index (κ2) is 13.0. The van der Waals surface area contributed by atoms with Crippen LogP contribution in [0.5, 0.6) is 5.75 Å². The number of amides is 2. The van der Waals surface area contributed by atoms with Crippen LogP contribution < -0.4 is 15.4 Å². The van der Waals surface area contributed by atoms with Gasteiger partial charge in [0.15, 0.2) is 0 Å². The zero-order valence-electron chi connectivity index (χ0n) is 16.3. The van der Waals surface area contributed by atoms with Gasteiger partial charge in [-0.3, -0.25) is 0 Å². The minimum absolute atomic E-state index is 0.0375. The summed E-state index contributed by atoms with van der Waals surface area (Å²) in [6.07, 6.45) is 3.79. The van der Waals surface area contributed by atoms with Gasteiger partial charge in [-0.2, -0.15) is 0 Å². The van der Waals surface area contributed by atoms with E-state index >= 15 is 0 Å². The molecule has 1 aromatic carbocycles. The maximum absolute atomic E-state index is 11.9. The topological polar surface area (TPSA) is 130 Å². The number of benzene rings is 1. The van der Waals surface area contributed by atoms with Crippen molar-refractivity contribution in [3.8, 4) is 18.1 Å². The predicted octanol–water partition coefficient (Wildman–Crippen LogP) is 1.99. The van der Waals surface area contributed by atoms with E-state index in [0.29, 0.717) is 24.4 Å². The third kappa shape index (κ3) is 8.66. The number of rotatable bonds is 10. The molecule has 166 valence electrons. The van der Waals surface area contributed by atoms with Crippen molar-refractivity contribution in [3.63, 3.8) is 0 Å². The van der Waals surface area contributed by atoms with Gasteiger partial charge in [-0.15, -0.1) is 12.3 Å². The first-order valence-corrected chi connectivity index (χ1v) is 11.8. The van der Waals surface area contributed by atoms with Gasteiger partial charge in [-0.05, 0) is 37.1 Å². The maximum Gasteiger partial charge on any atom is 0.319 e. The number of thiol groups is 1. The van der Waals surface area contributed by atoms with Crippen LogP contribution in [0.4, 0.5) is 10.5 Å². The van der Waals surface area contributed by atoms with Crippen LogP contribution in [-0.4, -0.2) is 58.9 Å². The molecule has 2 rings (SSSR count). The summed E-state index contributed by atoms with van der Waals surface area (Å²) in [6.45, 7) is 0.452. The van der Waals surface area contributed by atoms with Gasteiger partial charge < -0.3 is 39.7 Å². The zero-order chi connectivity index (χ0) is 21.9. The van der Waals surface area contributed by atoms with Gasteiger partial charge in [-0.25, -0.2) is 4.79 Å². The van der Waals surface area contributed by atoms with Gasteiger partial charge in [-0.1, -0.05) is 12.2 Å². The van der Waals surface area contributed by atoms with Crippen LogP contribution in [0.1, 0.15) is 25.7 Å². The summed E-state index contributed by atoms with van der Waals surface area (Å²) < 4.78 is 16.2. The number of terminal acetylenes is 1. The van der Waals surface area contributed by atoms with Crippen LogP contribution in [-0.2, 0) is 9.26 Å². The fraction of sp³-hybridized carbons (Fsp3) is 0.526. The third-order valence-electron chi connectivity index (χ3n) is 4.29. The van der Waals surface area contributed by atoms with Gasteiger partial charge in [0.1, 0.15) is 18.0 Å². The number of hydrogen-bond donors (Lipinski definition) is 6. The highest BCUT2D eigenvalue weighted by molar-refractivity contribution is 8.41. The lowest BCUT2D eigenvalue weighted by atomic mass is 10.0. The Labute approximate surface area is 182 Å². The molecule has 0 bridgehead atoms. The van der Waals surface area contributed by atoms with Crippen molar-refractivity contribution in [1.29, 1.82) is 0 Å². The molecular weight excluding hydrogens is 431 g/mol. The predicted molar refractivity (Wildman–Crippen MR) is 116 cm³/mol. The lowest BCUT2D eigenvalue weighted by Gasteiger charge is -2.36. The van der Waals surface area contributed by atoms with Gasteiger partial charge >= 0.3 is 6.03 Å². The van der Waals surface area contributed by atoms with Crippen LogP contribution in [0.2, 0.25) is 0 Å². The Hall–Kier alpha value is -1.57. The Kier molecular flexibility index (Phi) is 10.7. The first-order valence-electron chi connectivity index (χ1n) is 9.46. The number of nitrogens with one attached hydrogen (secondary N) is 2. The van der Waals surface area contributed by atoms with E-state index in [-0.39, 0.29) is 19.1 Å². The summed E-state index contributed by atoms with van der Waals surface area (Å²) in [5, 5.41) is 25.6. The number of aliphatic hydroxyl groups excluding tert-OH is 2. The molecule has 0 radical (unpaired) electrons. The van der Waals surface area contributed by atoms with Crippen molar-refractivity contribution in [2.75, 3.05) is 18.5 Å². The van der Waals surface area contributed by atoms with Gasteiger partial charge in [0.2, 0.25) is 13.9 Å².